The minimum atomic E-state index is 0.808. The Morgan fingerprint density at radius 2 is 2.13 bits per heavy atom. The number of nitrogens with zero attached hydrogens (tertiary/aromatic N) is 1. The lowest BCUT2D eigenvalue weighted by Gasteiger charge is -2.09. The molecule has 0 bridgehead atoms. The van der Waals surface area contributed by atoms with Crippen molar-refractivity contribution >= 4 is 11.6 Å². The first kappa shape index (κ1) is 12.5. The van der Waals surface area contributed by atoms with E-state index in [1.165, 1.54) is 12.0 Å². The Labute approximate surface area is 97.2 Å². The Kier molecular flexibility index (Phi) is 5.69. The molecule has 1 aromatic carbocycles. The third-order valence-corrected chi connectivity index (χ3v) is 2.41. The fourth-order valence-corrected chi connectivity index (χ4v) is 1.61. The standard InChI is InChI=1S/C12H19ClN2/c1-15(2)8-4-7-14-10-11-5-3-6-12(13)9-11/h3,5-6,9,14H,4,7-8,10H2,1-2H3. The van der Waals surface area contributed by atoms with Crippen LogP contribution in [0.15, 0.2) is 24.3 Å². The van der Waals surface area contributed by atoms with E-state index in [1.807, 2.05) is 18.2 Å². The molecule has 0 aliphatic carbocycles. The van der Waals surface area contributed by atoms with Crippen LogP contribution in [-0.4, -0.2) is 32.1 Å². The molecule has 2 nitrogen and oxygen atoms in total. The summed E-state index contributed by atoms with van der Waals surface area (Å²) in [6, 6.07) is 7.97. The van der Waals surface area contributed by atoms with Crippen LogP contribution >= 0.6 is 11.6 Å². The monoisotopic (exact) mass is 226 g/mol. The van der Waals surface area contributed by atoms with Gasteiger partial charge in [0.15, 0.2) is 0 Å². The molecule has 0 aromatic heterocycles. The number of hydrogen-bond acceptors (Lipinski definition) is 2. The SMILES string of the molecule is CN(C)CCCNCc1cccc(Cl)c1. The van der Waals surface area contributed by atoms with Crippen LogP contribution in [0.5, 0.6) is 0 Å². The topological polar surface area (TPSA) is 15.3 Å². The molecule has 15 heavy (non-hydrogen) atoms. The molecule has 0 amide bonds. The van der Waals surface area contributed by atoms with Crippen molar-refractivity contribution in [2.24, 2.45) is 0 Å². The maximum atomic E-state index is 5.89. The minimum absolute atomic E-state index is 0.808. The van der Waals surface area contributed by atoms with Gasteiger partial charge in [-0.3, -0.25) is 0 Å². The molecule has 3 heteroatoms. The smallest absolute Gasteiger partial charge is 0.0409 e. The van der Waals surface area contributed by atoms with Gasteiger partial charge in [-0.1, -0.05) is 23.7 Å². The molecule has 1 N–H and O–H groups in total. The molecule has 0 aliphatic heterocycles. The largest absolute Gasteiger partial charge is 0.313 e. The van der Waals surface area contributed by atoms with Crippen molar-refractivity contribution in [1.29, 1.82) is 0 Å². The van der Waals surface area contributed by atoms with Crippen molar-refractivity contribution in [3.63, 3.8) is 0 Å². The van der Waals surface area contributed by atoms with E-state index in [0.29, 0.717) is 0 Å². The van der Waals surface area contributed by atoms with Crippen LogP contribution in [0.2, 0.25) is 5.02 Å². The molecule has 1 aromatic rings. The predicted molar refractivity (Wildman–Crippen MR) is 66.3 cm³/mol. The van der Waals surface area contributed by atoms with Crippen molar-refractivity contribution < 1.29 is 0 Å². The maximum absolute atomic E-state index is 5.89. The number of benzene rings is 1. The van der Waals surface area contributed by atoms with E-state index in [1.54, 1.807) is 0 Å². The highest BCUT2D eigenvalue weighted by Gasteiger charge is 1.94. The average Bonchev–Trinajstić information content (AvgIpc) is 2.17. The molecule has 1 rings (SSSR count). The zero-order valence-electron chi connectivity index (χ0n) is 9.46. The van der Waals surface area contributed by atoms with E-state index < -0.39 is 0 Å². The summed E-state index contributed by atoms with van der Waals surface area (Å²) in [5.41, 5.74) is 1.24. The van der Waals surface area contributed by atoms with Crippen LogP contribution in [-0.2, 0) is 6.54 Å². The first-order valence-electron chi connectivity index (χ1n) is 5.28. The van der Waals surface area contributed by atoms with Crippen LogP contribution in [0.25, 0.3) is 0 Å². The fraction of sp³-hybridized carbons (Fsp3) is 0.500. The van der Waals surface area contributed by atoms with Crippen LogP contribution in [0, 0.1) is 0 Å². The molecule has 0 unspecified atom stereocenters. The summed E-state index contributed by atoms with van der Waals surface area (Å²) in [6.45, 7) is 3.07. The van der Waals surface area contributed by atoms with Gasteiger partial charge >= 0.3 is 0 Å². The molecule has 0 radical (unpaired) electrons. The van der Waals surface area contributed by atoms with Crippen molar-refractivity contribution in [1.82, 2.24) is 10.2 Å². The number of rotatable bonds is 6. The summed E-state index contributed by atoms with van der Waals surface area (Å²) in [5.74, 6) is 0. The number of nitrogens with one attached hydrogen (secondary N) is 1. The summed E-state index contributed by atoms with van der Waals surface area (Å²) in [6.07, 6.45) is 1.17. The zero-order valence-corrected chi connectivity index (χ0v) is 10.2. The summed E-state index contributed by atoms with van der Waals surface area (Å²) >= 11 is 5.89. The Hall–Kier alpha value is -0.570. The summed E-state index contributed by atoms with van der Waals surface area (Å²) in [7, 11) is 4.19. The van der Waals surface area contributed by atoms with Gasteiger partial charge in [-0.15, -0.1) is 0 Å². The van der Waals surface area contributed by atoms with E-state index >= 15 is 0 Å². The Morgan fingerprint density at radius 3 is 2.80 bits per heavy atom. The van der Waals surface area contributed by atoms with Gasteiger partial charge in [0, 0.05) is 11.6 Å². The van der Waals surface area contributed by atoms with E-state index in [0.717, 1.165) is 24.7 Å². The fourth-order valence-electron chi connectivity index (χ4n) is 1.40. The van der Waals surface area contributed by atoms with Crippen molar-refractivity contribution in [2.75, 3.05) is 27.2 Å². The molecular formula is C12H19ClN2. The van der Waals surface area contributed by atoms with Gasteiger partial charge in [-0.05, 0) is 51.3 Å². The maximum Gasteiger partial charge on any atom is 0.0409 e. The molecule has 0 atom stereocenters. The quantitative estimate of drug-likeness (QED) is 0.750. The molecular weight excluding hydrogens is 208 g/mol. The second-order valence-corrected chi connectivity index (χ2v) is 4.40. The lowest BCUT2D eigenvalue weighted by molar-refractivity contribution is 0.394. The Balaban J connectivity index is 2.15. The van der Waals surface area contributed by atoms with Gasteiger partial charge in [-0.25, -0.2) is 0 Å². The summed E-state index contributed by atoms with van der Waals surface area (Å²) in [4.78, 5) is 2.20. The Morgan fingerprint density at radius 1 is 1.33 bits per heavy atom. The first-order valence-corrected chi connectivity index (χ1v) is 5.66. The lowest BCUT2D eigenvalue weighted by atomic mass is 10.2. The third kappa shape index (κ3) is 5.78. The van der Waals surface area contributed by atoms with E-state index in [4.69, 9.17) is 11.6 Å². The molecule has 0 spiro atoms. The average molecular weight is 227 g/mol. The molecule has 0 aliphatic rings. The van der Waals surface area contributed by atoms with Crippen molar-refractivity contribution in [2.45, 2.75) is 13.0 Å². The highest BCUT2D eigenvalue weighted by Crippen LogP contribution is 2.09. The van der Waals surface area contributed by atoms with Gasteiger partial charge in [0.2, 0.25) is 0 Å². The van der Waals surface area contributed by atoms with Gasteiger partial charge in [0.25, 0.3) is 0 Å². The van der Waals surface area contributed by atoms with Gasteiger partial charge < -0.3 is 10.2 Å². The highest BCUT2D eigenvalue weighted by atomic mass is 35.5. The number of hydrogen-bond donors (Lipinski definition) is 1. The zero-order chi connectivity index (χ0) is 11.1. The molecule has 0 fully saturated rings. The van der Waals surface area contributed by atoms with Crippen LogP contribution in [0.4, 0.5) is 0 Å². The van der Waals surface area contributed by atoms with Crippen LogP contribution < -0.4 is 5.32 Å². The van der Waals surface area contributed by atoms with Crippen molar-refractivity contribution in [3.05, 3.63) is 34.9 Å². The highest BCUT2D eigenvalue weighted by molar-refractivity contribution is 6.30. The number of halogens is 1. The summed E-state index contributed by atoms with van der Waals surface area (Å²) < 4.78 is 0. The molecule has 0 heterocycles. The lowest BCUT2D eigenvalue weighted by Crippen LogP contribution is -2.20. The molecule has 0 saturated carbocycles. The summed E-state index contributed by atoms with van der Waals surface area (Å²) in [5, 5.41) is 4.21. The first-order chi connectivity index (χ1) is 7.18. The minimum Gasteiger partial charge on any atom is -0.313 e. The second kappa shape index (κ2) is 6.83. The van der Waals surface area contributed by atoms with Crippen LogP contribution in [0.1, 0.15) is 12.0 Å². The molecule has 84 valence electrons. The predicted octanol–water partition coefficient (Wildman–Crippen LogP) is 2.38. The van der Waals surface area contributed by atoms with Gasteiger partial charge in [-0.2, -0.15) is 0 Å². The van der Waals surface area contributed by atoms with Gasteiger partial charge in [0.05, 0.1) is 0 Å². The van der Waals surface area contributed by atoms with Crippen molar-refractivity contribution in [3.8, 4) is 0 Å². The van der Waals surface area contributed by atoms with E-state index in [9.17, 15) is 0 Å². The third-order valence-electron chi connectivity index (χ3n) is 2.18. The van der Waals surface area contributed by atoms with E-state index in [-0.39, 0.29) is 0 Å². The Bertz CT molecular complexity index is 287. The second-order valence-electron chi connectivity index (χ2n) is 3.96. The molecule has 0 saturated heterocycles. The van der Waals surface area contributed by atoms with E-state index in [2.05, 4.69) is 30.4 Å². The normalized spacial score (nSPS) is 10.9. The van der Waals surface area contributed by atoms with Crippen LogP contribution in [0.3, 0.4) is 0 Å². The van der Waals surface area contributed by atoms with Gasteiger partial charge in [0.1, 0.15) is 0 Å².